The lowest BCUT2D eigenvalue weighted by Crippen LogP contribution is -1.83. The molecule has 0 aliphatic heterocycles. The first-order chi connectivity index (χ1) is 4.38. The van der Waals surface area contributed by atoms with Gasteiger partial charge in [0.1, 0.15) is 0 Å². The van der Waals surface area contributed by atoms with Crippen LogP contribution in [0.25, 0.3) is 0 Å². The molecule has 1 aliphatic rings. The number of rotatable bonds is 2. The van der Waals surface area contributed by atoms with Crippen LogP contribution in [-0.2, 0) is 9.59 Å². The van der Waals surface area contributed by atoms with E-state index in [0.717, 1.165) is 0 Å². The molecule has 0 spiro atoms. The Bertz CT molecular complexity index is 179. The van der Waals surface area contributed by atoms with Gasteiger partial charge in [0.15, 0.2) is 0 Å². The molecule has 0 N–H and O–H groups in total. The van der Waals surface area contributed by atoms with Crippen LogP contribution in [0.4, 0.5) is 0 Å². The van der Waals surface area contributed by atoms with E-state index in [1.807, 2.05) is 0 Å². The zero-order valence-electron chi connectivity index (χ0n) is 4.57. The Morgan fingerprint density at radius 2 is 1.56 bits per heavy atom. The van der Waals surface area contributed by atoms with Crippen LogP contribution in [0.2, 0.25) is 0 Å². The maximum absolute atomic E-state index is 9.57. The SMILES string of the molecule is O=C=NC1CC1N=C=O. The topological polar surface area (TPSA) is 58.9 Å². The molecule has 46 valence electrons. The fraction of sp³-hybridized carbons (Fsp3) is 0.600. The lowest BCUT2D eigenvalue weighted by molar-refractivity contribution is 0.559. The largest absolute Gasteiger partial charge is 0.235 e. The molecule has 1 rings (SSSR count). The summed E-state index contributed by atoms with van der Waals surface area (Å²) in [4.78, 5) is 25.9. The summed E-state index contributed by atoms with van der Waals surface area (Å²) in [6.07, 6.45) is 3.49. The van der Waals surface area contributed by atoms with Gasteiger partial charge in [0.25, 0.3) is 0 Å². The number of hydrogen-bond donors (Lipinski definition) is 0. The highest BCUT2D eigenvalue weighted by Crippen LogP contribution is 2.27. The molecule has 0 aromatic rings. The van der Waals surface area contributed by atoms with Crippen LogP contribution in [-0.4, -0.2) is 24.2 Å². The van der Waals surface area contributed by atoms with Crippen LogP contribution in [0.5, 0.6) is 0 Å². The van der Waals surface area contributed by atoms with E-state index in [2.05, 4.69) is 9.98 Å². The monoisotopic (exact) mass is 124 g/mol. The molecule has 9 heavy (non-hydrogen) atoms. The second-order valence-electron chi connectivity index (χ2n) is 1.81. The van der Waals surface area contributed by atoms with E-state index in [0.29, 0.717) is 6.42 Å². The van der Waals surface area contributed by atoms with E-state index >= 15 is 0 Å². The summed E-state index contributed by atoms with van der Waals surface area (Å²) in [6.45, 7) is 0. The van der Waals surface area contributed by atoms with Crippen LogP contribution in [0.1, 0.15) is 6.42 Å². The Labute approximate surface area is 51.3 Å². The standard InChI is InChI=1S/C5H4N2O2/c8-2-6-4-1-5(4)7-3-9/h4-5H,1H2. The minimum atomic E-state index is -0.0936. The van der Waals surface area contributed by atoms with Crippen molar-refractivity contribution in [2.75, 3.05) is 0 Å². The number of aliphatic imine (C=N–C) groups is 2. The van der Waals surface area contributed by atoms with Gasteiger partial charge in [-0.15, -0.1) is 0 Å². The Morgan fingerprint density at radius 3 is 1.89 bits per heavy atom. The maximum Gasteiger partial charge on any atom is 0.235 e. The van der Waals surface area contributed by atoms with E-state index in [9.17, 15) is 9.59 Å². The average Bonchev–Trinajstić information content (AvgIpc) is 2.50. The zero-order valence-corrected chi connectivity index (χ0v) is 4.57. The maximum atomic E-state index is 9.57. The van der Waals surface area contributed by atoms with Gasteiger partial charge in [-0.2, -0.15) is 0 Å². The van der Waals surface area contributed by atoms with E-state index < -0.39 is 0 Å². The van der Waals surface area contributed by atoms with E-state index in [4.69, 9.17) is 0 Å². The quantitative estimate of drug-likeness (QED) is 0.378. The minimum Gasteiger partial charge on any atom is -0.211 e. The molecule has 0 bridgehead atoms. The highest BCUT2D eigenvalue weighted by atomic mass is 16.1. The smallest absolute Gasteiger partial charge is 0.211 e. The lowest BCUT2D eigenvalue weighted by atomic mass is 10.7. The fourth-order valence-corrected chi connectivity index (χ4v) is 0.582. The second-order valence-corrected chi connectivity index (χ2v) is 1.81. The van der Waals surface area contributed by atoms with Crippen molar-refractivity contribution >= 4 is 12.2 Å². The molecule has 2 unspecified atom stereocenters. The number of carbonyl (C=O) groups excluding carboxylic acids is 2. The van der Waals surface area contributed by atoms with Gasteiger partial charge in [-0.1, -0.05) is 0 Å². The van der Waals surface area contributed by atoms with Crippen molar-refractivity contribution in [1.29, 1.82) is 0 Å². The number of hydrogen-bond acceptors (Lipinski definition) is 4. The van der Waals surface area contributed by atoms with Crippen LogP contribution in [0, 0.1) is 0 Å². The van der Waals surface area contributed by atoms with Gasteiger partial charge < -0.3 is 0 Å². The Kier molecular flexibility index (Phi) is 1.54. The third-order valence-electron chi connectivity index (χ3n) is 1.16. The molecule has 4 heteroatoms. The van der Waals surface area contributed by atoms with Crippen molar-refractivity contribution in [3.8, 4) is 0 Å². The molecule has 0 amide bonds. The van der Waals surface area contributed by atoms with Crippen molar-refractivity contribution in [2.24, 2.45) is 9.98 Å². The van der Waals surface area contributed by atoms with Gasteiger partial charge in [-0.3, -0.25) is 0 Å². The predicted molar refractivity (Wildman–Crippen MR) is 28.4 cm³/mol. The van der Waals surface area contributed by atoms with Crippen LogP contribution < -0.4 is 0 Å². The van der Waals surface area contributed by atoms with Crippen molar-refractivity contribution in [3.63, 3.8) is 0 Å². The molecule has 0 radical (unpaired) electrons. The van der Waals surface area contributed by atoms with Crippen LogP contribution in [0.15, 0.2) is 9.98 Å². The molecule has 1 fully saturated rings. The summed E-state index contributed by atoms with van der Waals surface area (Å²) in [7, 11) is 0. The fourth-order valence-electron chi connectivity index (χ4n) is 0.582. The van der Waals surface area contributed by atoms with Crippen molar-refractivity contribution in [2.45, 2.75) is 18.5 Å². The summed E-state index contributed by atoms with van der Waals surface area (Å²) >= 11 is 0. The summed E-state index contributed by atoms with van der Waals surface area (Å²) in [5, 5.41) is 0. The third kappa shape index (κ3) is 1.32. The summed E-state index contributed by atoms with van der Waals surface area (Å²) in [6, 6.07) is -0.187. The highest BCUT2D eigenvalue weighted by molar-refractivity contribution is 5.38. The summed E-state index contributed by atoms with van der Waals surface area (Å²) in [5.74, 6) is 0. The molecular formula is C5H4N2O2. The van der Waals surface area contributed by atoms with Gasteiger partial charge >= 0.3 is 0 Å². The first-order valence-electron chi connectivity index (χ1n) is 2.52. The third-order valence-corrected chi connectivity index (χ3v) is 1.16. The second kappa shape index (κ2) is 2.35. The van der Waals surface area contributed by atoms with Gasteiger partial charge in [0.05, 0.1) is 12.1 Å². The minimum absolute atomic E-state index is 0.0936. The number of nitrogens with zero attached hydrogens (tertiary/aromatic N) is 2. The highest BCUT2D eigenvalue weighted by Gasteiger charge is 2.37. The summed E-state index contributed by atoms with van der Waals surface area (Å²) < 4.78 is 0. The van der Waals surface area contributed by atoms with E-state index in [1.54, 1.807) is 0 Å². The van der Waals surface area contributed by atoms with E-state index in [-0.39, 0.29) is 12.1 Å². The molecule has 1 saturated carbocycles. The molecular weight excluding hydrogens is 120 g/mol. The normalized spacial score (nSPS) is 29.8. The number of isocyanates is 2. The van der Waals surface area contributed by atoms with Crippen LogP contribution >= 0.6 is 0 Å². The lowest BCUT2D eigenvalue weighted by Gasteiger charge is -1.73. The Balaban J connectivity index is 2.41. The summed E-state index contributed by atoms with van der Waals surface area (Å²) in [5.41, 5.74) is 0. The Morgan fingerprint density at radius 1 is 1.11 bits per heavy atom. The van der Waals surface area contributed by atoms with Gasteiger partial charge in [0.2, 0.25) is 12.2 Å². The molecule has 1 aliphatic carbocycles. The van der Waals surface area contributed by atoms with Gasteiger partial charge in [-0.05, 0) is 6.42 Å². The molecule has 2 atom stereocenters. The van der Waals surface area contributed by atoms with E-state index in [1.165, 1.54) is 12.2 Å². The first kappa shape index (κ1) is 5.89. The zero-order chi connectivity index (χ0) is 6.69. The predicted octanol–water partition coefficient (Wildman–Crippen LogP) is -0.201. The van der Waals surface area contributed by atoms with Gasteiger partial charge in [-0.25, -0.2) is 19.6 Å². The molecule has 0 aromatic carbocycles. The Hall–Kier alpha value is -1.24. The van der Waals surface area contributed by atoms with Crippen molar-refractivity contribution in [3.05, 3.63) is 0 Å². The molecule has 4 nitrogen and oxygen atoms in total. The van der Waals surface area contributed by atoms with Crippen molar-refractivity contribution in [1.82, 2.24) is 0 Å². The average molecular weight is 124 g/mol. The molecule has 0 heterocycles. The van der Waals surface area contributed by atoms with Gasteiger partial charge in [0, 0.05) is 0 Å². The van der Waals surface area contributed by atoms with Crippen molar-refractivity contribution < 1.29 is 9.59 Å². The first-order valence-corrected chi connectivity index (χ1v) is 2.52. The molecule has 0 aromatic heterocycles. The molecule has 0 saturated heterocycles. The van der Waals surface area contributed by atoms with Crippen LogP contribution in [0.3, 0.4) is 0 Å².